The molecule has 0 rings (SSSR count). The highest BCUT2D eigenvalue weighted by Gasteiger charge is 2.30. The van der Waals surface area contributed by atoms with Gasteiger partial charge in [0.25, 0.3) is 0 Å². The van der Waals surface area contributed by atoms with Gasteiger partial charge in [0.2, 0.25) is 0 Å². The van der Waals surface area contributed by atoms with Crippen LogP contribution in [-0.2, 0) is 4.74 Å². The third-order valence-electron chi connectivity index (χ3n) is 1.88. The van der Waals surface area contributed by atoms with Gasteiger partial charge in [-0.05, 0) is 34.6 Å². The van der Waals surface area contributed by atoms with Crippen LogP contribution in [0.3, 0.4) is 0 Å². The first-order chi connectivity index (χ1) is 6.58. The van der Waals surface area contributed by atoms with Crippen molar-refractivity contribution in [2.75, 3.05) is 6.54 Å². The number of carbonyl (C=O) groups excluding carboxylic acids is 1. The van der Waals surface area contributed by atoms with Crippen molar-refractivity contribution in [3.8, 4) is 0 Å². The van der Waals surface area contributed by atoms with Gasteiger partial charge in [0, 0.05) is 6.54 Å². The topological polar surface area (TPSA) is 84.6 Å². The van der Waals surface area contributed by atoms with Crippen molar-refractivity contribution in [3.63, 3.8) is 0 Å². The molecule has 15 heavy (non-hydrogen) atoms. The van der Waals surface area contributed by atoms with Crippen LogP contribution in [0.25, 0.3) is 0 Å². The zero-order valence-corrected chi connectivity index (χ0v) is 10.1. The van der Waals surface area contributed by atoms with Gasteiger partial charge in [-0.1, -0.05) is 0 Å². The Morgan fingerprint density at radius 1 is 1.40 bits per heavy atom. The van der Waals surface area contributed by atoms with Crippen LogP contribution in [0.1, 0.15) is 34.6 Å². The smallest absolute Gasteiger partial charge is 0.408 e. The van der Waals surface area contributed by atoms with E-state index in [0.29, 0.717) is 0 Å². The Bertz CT molecular complexity index is 221. The molecule has 0 aromatic rings. The average Bonchev–Trinajstić information content (AvgIpc) is 1.97. The molecular formula is C10H22N2O3. The maximum Gasteiger partial charge on any atom is 0.408 e. The fourth-order valence-electron chi connectivity index (χ4n) is 0.945. The summed E-state index contributed by atoms with van der Waals surface area (Å²) >= 11 is 0. The number of hydrogen-bond acceptors (Lipinski definition) is 4. The summed E-state index contributed by atoms with van der Waals surface area (Å²) in [6.07, 6.45) is -1.36. The Morgan fingerprint density at radius 3 is 2.20 bits per heavy atom. The quantitative estimate of drug-likeness (QED) is 0.648. The summed E-state index contributed by atoms with van der Waals surface area (Å²) in [4.78, 5) is 11.4. The van der Waals surface area contributed by atoms with E-state index in [-0.39, 0.29) is 6.54 Å². The molecule has 0 spiro atoms. The minimum Gasteiger partial charge on any atom is -0.444 e. The molecule has 0 aromatic heterocycles. The average molecular weight is 218 g/mol. The lowest BCUT2D eigenvalue weighted by molar-refractivity contribution is 0.0314. The molecule has 0 saturated carbocycles. The molecule has 0 bridgehead atoms. The molecule has 5 nitrogen and oxygen atoms in total. The minimum atomic E-state index is -0.801. The van der Waals surface area contributed by atoms with Crippen LogP contribution in [0.2, 0.25) is 0 Å². The third kappa shape index (κ3) is 5.59. The van der Waals surface area contributed by atoms with E-state index in [1.165, 1.54) is 0 Å². The summed E-state index contributed by atoms with van der Waals surface area (Å²) in [7, 11) is 0. The second-order valence-electron chi connectivity index (χ2n) is 5.10. The summed E-state index contributed by atoms with van der Waals surface area (Å²) in [5.74, 6) is 0. The number of ether oxygens (including phenoxy) is 1. The first-order valence-corrected chi connectivity index (χ1v) is 4.98. The van der Waals surface area contributed by atoms with Crippen LogP contribution in [0, 0.1) is 0 Å². The normalized spacial score (nSPS) is 14.6. The molecule has 5 heteroatoms. The van der Waals surface area contributed by atoms with Gasteiger partial charge < -0.3 is 20.9 Å². The Balaban J connectivity index is 4.28. The lowest BCUT2D eigenvalue weighted by Crippen LogP contribution is -2.55. The Kier molecular flexibility index (Phi) is 4.55. The standard InChI is InChI=1S/C10H22N2O3/c1-9(2,3)15-8(14)12-10(4,5)7(13)6-11/h7,13H,6,11H2,1-5H3,(H,12,14). The highest BCUT2D eigenvalue weighted by molar-refractivity contribution is 5.68. The Labute approximate surface area is 91.0 Å². The summed E-state index contributed by atoms with van der Waals surface area (Å²) < 4.78 is 5.07. The van der Waals surface area contributed by atoms with E-state index in [9.17, 15) is 9.90 Å². The Morgan fingerprint density at radius 2 is 1.87 bits per heavy atom. The molecule has 0 aliphatic rings. The van der Waals surface area contributed by atoms with Crippen LogP contribution in [0.5, 0.6) is 0 Å². The van der Waals surface area contributed by atoms with E-state index >= 15 is 0 Å². The van der Waals surface area contributed by atoms with Gasteiger partial charge >= 0.3 is 6.09 Å². The van der Waals surface area contributed by atoms with Crippen LogP contribution in [0.15, 0.2) is 0 Å². The van der Waals surface area contributed by atoms with Gasteiger partial charge in [-0.2, -0.15) is 0 Å². The molecule has 90 valence electrons. The highest BCUT2D eigenvalue weighted by atomic mass is 16.6. The van der Waals surface area contributed by atoms with Crippen molar-refractivity contribution in [1.82, 2.24) is 5.32 Å². The van der Waals surface area contributed by atoms with E-state index in [1.807, 2.05) is 0 Å². The number of aliphatic hydroxyl groups excluding tert-OH is 1. The second-order valence-corrected chi connectivity index (χ2v) is 5.10. The molecule has 0 aromatic carbocycles. The van der Waals surface area contributed by atoms with Gasteiger partial charge in [-0.15, -0.1) is 0 Å². The highest BCUT2D eigenvalue weighted by Crippen LogP contribution is 2.11. The lowest BCUT2D eigenvalue weighted by atomic mass is 9.98. The summed E-state index contributed by atoms with van der Waals surface area (Å²) in [5.41, 5.74) is 3.98. The number of nitrogens with one attached hydrogen (secondary N) is 1. The van der Waals surface area contributed by atoms with E-state index in [4.69, 9.17) is 10.5 Å². The third-order valence-corrected chi connectivity index (χ3v) is 1.88. The zero-order chi connectivity index (χ0) is 12.3. The lowest BCUT2D eigenvalue weighted by Gasteiger charge is -2.32. The largest absolute Gasteiger partial charge is 0.444 e. The molecule has 0 aliphatic carbocycles. The molecule has 1 amide bonds. The summed E-state index contributed by atoms with van der Waals surface area (Å²) in [6.45, 7) is 8.79. The van der Waals surface area contributed by atoms with Crippen molar-refractivity contribution >= 4 is 6.09 Å². The predicted octanol–water partition coefficient (Wildman–Crippen LogP) is 0.609. The minimum absolute atomic E-state index is 0.0861. The fraction of sp³-hybridized carbons (Fsp3) is 0.900. The molecule has 1 unspecified atom stereocenters. The molecule has 0 aliphatic heterocycles. The first kappa shape index (κ1) is 14.2. The SMILES string of the molecule is CC(C)(C)OC(=O)NC(C)(C)C(O)CN. The first-order valence-electron chi connectivity index (χ1n) is 4.98. The van der Waals surface area contributed by atoms with Crippen molar-refractivity contribution in [1.29, 1.82) is 0 Å². The molecule has 1 atom stereocenters. The fourth-order valence-corrected chi connectivity index (χ4v) is 0.945. The van der Waals surface area contributed by atoms with Gasteiger partial charge in [0.1, 0.15) is 5.60 Å². The van der Waals surface area contributed by atoms with E-state index in [2.05, 4.69) is 5.32 Å². The van der Waals surface area contributed by atoms with Crippen LogP contribution >= 0.6 is 0 Å². The van der Waals surface area contributed by atoms with Gasteiger partial charge in [-0.25, -0.2) is 4.79 Å². The number of amides is 1. The number of alkyl carbamates (subject to hydrolysis) is 1. The Hall–Kier alpha value is -0.810. The molecular weight excluding hydrogens is 196 g/mol. The number of aliphatic hydroxyl groups is 1. The van der Waals surface area contributed by atoms with Gasteiger partial charge in [0.05, 0.1) is 11.6 Å². The van der Waals surface area contributed by atoms with Gasteiger partial charge in [0.15, 0.2) is 0 Å². The van der Waals surface area contributed by atoms with Gasteiger partial charge in [-0.3, -0.25) is 0 Å². The van der Waals surface area contributed by atoms with Crippen molar-refractivity contribution < 1.29 is 14.6 Å². The zero-order valence-electron chi connectivity index (χ0n) is 10.1. The van der Waals surface area contributed by atoms with Crippen molar-refractivity contribution in [3.05, 3.63) is 0 Å². The number of carbonyl (C=O) groups is 1. The second kappa shape index (κ2) is 4.81. The van der Waals surface area contributed by atoms with Crippen molar-refractivity contribution in [2.45, 2.75) is 51.9 Å². The molecule has 4 N–H and O–H groups in total. The molecule has 0 fully saturated rings. The number of nitrogens with two attached hydrogens (primary N) is 1. The monoisotopic (exact) mass is 218 g/mol. The van der Waals surface area contributed by atoms with Crippen LogP contribution in [-0.4, -0.2) is 35.0 Å². The van der Waals surface area contributed by atoms with E-state index in [1.54, 1.807) is 34.6 Å². The molecule has 0 heterocycles. The summed E-state index contributed by atoms with van der Waals surface area (Å²) in [6, 6.07) is 0. The molecule has 0 saturated heterocycles. The molecule has 0 radical (unpaired) electrons. The van der Waals surface area contributed by atoms with E-state index < -0.39 is 23.3 Å². The predicted molar refractivity (Wildman–Crippen MR) is 58.5 cm³/mol. The van der Waals surface area contributed by atoms with E-state index in [0.717, 1.165) is 0 Å². The maximum absolute atomic E-state index is 11.4. The van der Waals surface area contributed by atoms with Crippen LogP contribution < -0.4 is 11.1 Å². The van der Waals surface area contributed by atoms with Crippen molar-refractivity contribution in [2.24, 2.45) is 5.73 Å². The number of hydrogen-bond donors (Lipinski definition) is 3. The maximum atomic E-state index is 11.4. The number of rotatable bonds is 3. The summed E-state index contributed by atoms with van der Waals surface area (Å²) in [5, 5.41) is 12.1. The van der Waals surface area contributed by atoms with Crippen LogP contribution in [0.4, 0.5) is 4.79 Å².